The first-order valence-electron chi connectivity index (χ1n) is 9.40. The lowest BCUT2D eigenvalue weighted by Gasteiger charge is -2.29. The maximum atomic E-state index is 5.66. The SMILES string of the molecule is c1csc(CN(Cc2ccc3c(c2)CCO3)C2CC23CCNCC3)n1. The Kier molecular flexibility index (Phi) is 4.03. The molecule has 132 valence electrons. The molecule has 1 N–H and O–H groups in total. The van der Waals surface area contributed by atoms with Crippen molar-refractivity contribution >= 4 is 11.3 Å². The highest BCUT2D eigenvalue weighted by Crippen LogP contribution is 2.56. The topological polar surface area (TPSA) is 37.4 Å². The van der Waals surface area contributed by atoms with Crippen molar-refractivity contribution in [3.8, 4) is 5.75 Å². The van der Waals surface area contributed by atoms with Crippen LogP contribution >= 0.6 is 11.3 Å². The van der Waals surface area contributed by atoms with E-state index in [2.05, 4.69) is 38.8 Å². The molecule has 2 fully saturated rings. The van der Waals surface area contributed by atoms with Crippen molar-refractivity contribution in [3.05, 3.63) is 45.9 Å². The van der Waals surface area contributed by atoms with Crippen LogP contribution in [0.2, 0.25) is 0 Å². The Balaban J connectivity index is 1.36. The van der Waals surface area contributed by atoms with Gasteiger partial charge in [0.05, 0.1) is 13.2 Å². The van der Waals surface area contributed by atoms with Crippen LogP contribution in [0.5, 0.6) is 5.75 Å². The molecule has 2 aromatic rings. The normalized spacial score (nSPS) is 23.6. The third-order valence-electron chi connectivity index (χ3n) is 6.15. The predicted molar refractivity (Wildman–Crippen MR) is 99.9 cm³/mol. The van der Waals surface area contributed by atoms with Gasteiger partial charge in [-0.1, -0.05) is 12.1 Å². The van der Waals surface area contributed by atoms with Crippen molar-refractivity contribution in [3.63, 3.8) is 0 Å². The molecule has 1 aliphatic carbocycles. The average molecular weight is 356 g/mol. The lowest BCUT2D eigenvalue weighted by atomic mass is 9.93. The number of rotatable bonds is 5. The van der Waals surface area contributed by atoms with Gasteiger partial charge in [0.25, 0.3) is 0 Å². The van der Waals surface area contributed by atoms with E-state index in [4.69, 9.17) is 4.74 Å². The number of nitrogens with zero attached hydrogens (tertiary/aromatic N) is 2. The summed E-state index contributed by atoms with van der Waals surface area (Å²) >= 11 is 1.78. The highest BCUT2D eigenvalue weighted by molar-refractivity contribution is 7.09. The molecule has 3 heterocycles. The summed E-state index contributed by atoms with van der Waals surface area (Å²) in [6.45, 7) is 5.19. The molecule has 1 saturated carbocycles. The molecule has 0 radical (unpaired) electrons. The van der Waals surface area contributed by atoms with Crippen LogP contribution in [-0.2, 0) is 19.5 Å². The molecular formula is C20H25N3OS. The van der Waals surface area contributed by atoms with Gasteiger partial charge in [-0.05, 0) is 55.0 Å². The quantitative estimate of drug-likeness (QED) is 0.894. The van der Waals surface area contributed by atoms with Crippen molar-refractivity contribution < 1.29 is 4.74 Å². The molecule has 1 aromatic heterocycles. The standard InChI is InChI=1S/C20H25N3OS/c1-2-17-16(3-9-24-17)11-15(1)13-23(14-19-22-8-10-25-19)18-12-20(18)4-6-21-7-5-20/h1-2,8,10-11,18,21H,3-7,9,12-14H2. The molecule has 25 heavy (non-hydrogen) atoms. The van der Waals surface area contributed by atoms with Crippen molar-refractivity contribution in [1.29, 1.82) is 0 Å². The fourth-order valence-electron chi connectivity index (χ4n) is 4.66. The third kappa shape index (κ3) is 3.09. The van der Waals surface area contributed by atoms with E-state index in [0.29, 0.717) is 11.5 Å². The molecule has 1 atom stereocenters. The number of aromatic nitrogens is 1. The van der Waals surface area contributed by atoms with Gasteiger partial charge in [0, 0.05) is 30.6 Å². The lowest BCUT2D eigenvalue weighted by Crippen LogP contribution is -2.35. The van der Waals surface area contributed by atoms with E-state index in [1.807, 2.05) is 6.20 Å². The summed E-state index contributed by atoms with van der Waals surface area (Å²) < 4.78 is 5.66. The molecule has 4 nitrogen and oxygen atoms in total. The molecule has 1 spiro atoms. The van der Waals surface area contributed by atoms with Crippen molar-refractivity contribution in [2.75, 3.05) is 19.7 Å². The number of piperidine rings is 1. The van der Waals surface area contributed by atoms with Gasteiger partial charge < -0.3 is 10.1 Å². The second-order valence-corrected chi connectivity index (χ2v) is 8.68. The zero-order valence-electron chi connectivity index (χ0n) is 14.5. The van der Waals surface area contributed by atoms with Gasteiger partial charge in [-0.2, -0.15) is 0 Å². The van der Waals surface area contributed by atoms with Gasteiger partial charge in [0.15, 0.2) is 0 Å². The van der Waals surface area contributed by atoms with Crippen molar-refractivity contribution in [2.24, 2.45) is 5.41 Å². The Bertz CT molecular complexity index is 739. The van der Waals surface area contributed by atoms with E-state index < -0.39 is 0 Å². The highest BCUT2D eigenvalue weighted by atomic mass is 32.1. The number of fused-ring (bicyclic) bond motifs is 1. The highest BCUT2D eigenvalue weighted by Gasteiger charge is 2.56. The number of benzene rings is 1. The number of hydrogen-bond donors (Lipinski definition) is 1. The molecule has 3 aliphatic rings. The first kappa shape index (κ1) is 15.8. The minimum absolute atomic E-state index is 0.558. The second-order valence-electron chi connectivity index (χ2n) is 7.70. The summed E-state index contributed by atoms with van der Waals surface area (Å²) in [4.78, 5) is 7.23. The zero-order valence-corrected chi connectivity index (χ0v) is 15.4. The Morgan fingerprint density at radius 3 is 3.04 bits per heavy atom. The first-order valence-corrected chi connectivity index (χ1v) is 10.3. The Labute approximate surface area is 153 Å². The van der Waals surface area contributed by atoms with Gasteiger partial charge in [0.1, 0.15) is 10.8 Å². The van der Waals surface area contributed by atoms with E-state index in [0.717, 1.165) is 31.9 Å². The van der Waals surface area contributed by atoms with Crippen LogP contribution in [0.15, 0.2) is 29.8 Å². The fourth-order valence-corrected chi connectivity index (χ4v) is 5.30. The van der Waals surface area contributed by atoms with Crippen LogP contribution in [0.25, 0.3) is 0 Å². The zero-order chi connectivity index (χ0) is 16.7. The van der Waals surface area contributed by atoms with E-state index in [1.54, 1.807) is 11.3 Å². The van der Waals surface area contributed by atoms with Crippen LogP contribution in [0.4, 0.5) is 0 Å². The van der Waals surface area contributed by atoms with Crippen LogP contribution < -0.4 is 10.1 Å². The maximum absolute atomic E-state index is 5.66. The first-order chi connectivity index (χ1) is 12.3. The van der Waals surface area contributed by atoms with E-state index >= 15 is 0 Å². The van der Waals surface area contributed by atoms with Gasteiger partial charge in [0.2, 0.25) is 0 Å². The second kappa shape index (κ2) is 6.38. The number of nitrogens with one attached hydrogen (secondary N) is 1. The van der Waals surface area contributed by atoms with E-state index in [9.17, 15) is 0 Å². The van der Waals surface area contributed by atoms with Crippen LogP contribution in [-0.4, -0.2) is 35.6 Å². The molecular weight excluding hydrogens is 330 g/mol. The monoisotopic (exact) mass is 355 g/mol. The fraction of sp³-hybridized carbons (Fsp3) is 0.550. The van der Waals surface area contributed by atoms with E-state index in [1.165, 1.54) is 48.5 Å². The molecule has 2 aliphatic heterocycles. The number of ether oxygens (including phenoxy) is 1. The number of hydrogen-bond acceptors (Lipinski definition) is 5. The maximum Gasteiger partial charge on any atom is 0.122 e. The lowest BCUT2D eigenvalue weighted by molar-refractivity contribution is 0.188. The third-order valence-corrected chi connectivity index (χ3v) is 6.91. The molecule has 1 aromatic carbocycles. The summed E-state index contributed by atoms with van der Waals surface area (Å²) in [5.41, 5.74) is 3.35. The Morgan fingerprint density at radius 2 is 2.20 bits per heavy atom. The van der Waals surface area contributed by atoms with Gasteiger partial charge in [-0.3, -0.25) is 4.90 Å². The molecule has 1 unspecified atom stereocenters. The van der Waals surface area contributed by atoms with Crippen molar-refractivity contribution in [1.82, 2.24) is 15.2 Å². The molecule has 5 heteroatoms. The van der Waals surface area contributed by atoms with Gasteiger partial charge >= 0.3 is 0 Å². The molecule has 0 bridgehead atoms. The summed E-state index contributed by atoms with van der Waals surface area (Å²) in [6, 6.07) is 7.47. The minimum atomic E-state index is 0.558. The predicted octanol–water partition coefficient (Wildman–Crippen LogP) is 3.22. The molecule has 5 rings (SSSR count). The summed E-state index contributed by atoms with van der Waals surface area (Å²) in [5.74, 6) is 1.08. The summed E-state index contributed by atoms with van der Waals surface area (Å²) in [5, 5.41) is 6.85. The largest absolute Gasteiger partial charge is 0.493 e. The number of thiazole rings is 1. The molecule has 1 saturated heterocycles. The van der Waals surface area contributed by atoms with Gasteiger partial charge in [-0.15, -0.1) is 11.3 Å². The summed E-state index contributed by atoms with van der Waals surface area (Å²) in [7, 11) is 0. The summed E-state index contributed by atoms with van der Waals surface area (Å²) in [6.07, 6.45) is 6.98. The van der Waals surface area contributed by atoms with Crippen LogP contribution in [0.1, 0.15) is 35.4 Å². The Hall–Kier alpha value is -1.43. The smallest absolute Gasteiger partial charge is 0.122 e. The minimum Gasteiger partial charge on any atom is -0.493 e. The average Bonchev–Trinajstić information content (AvgIpc) is 3.01. The van der Waals surface area contributed by atoms with E-state index in [-0.39, 0.29) is 0 Å². The van der Waals surface area contributed by atoms with Crippen LogP contribution in [0, 0.1) is 5.41 Å². The molecule has 0 amide bonds. The Morgan fingerprint density at radius 1 is 1.28 bits per heavy atom. The van der Waals surface area contributed by atoms with Crippen molar-refractivity contribution in [2.45, 2.75) is 44.8 Å². The van der Waals surface area contributed by atoms with Gasteiger partial charge in [-0.25, -0.2) is 4.98 Å². The van der Waals surface area contributed by atoms with Crippen LogP contribution in [0.3, 0.4) is 0 Å².